The molecule has 3 rings (SSSR count). The van der Waals surface area contributed by atoms with E-state index in [0.29, 0.717) is 18.3 Å². The average molecular weight is 326 g/mol. The fraction of sp³-hybridized carbons (Fsp3) is 0.357. The molecular formula is C14H13F3N4O2. The zero-order valence-electron chi connectivity index (χ0n) is 11.9. The molecule has 0 bridgehead atoms. The summed E-state index contributed by atoms with van der Waals surface area (Å²) < 4.78 is 42.7. The van der Waals surface area contributed by atoms with Crippen LogP contribution in [-0.4, -0.2) is 27.7 Å². The van der Waals surface area contributed by atoms with Crippen LogP contribution in [0.2, 0.25) is 0 Å². The molecular weight excluding hydrogens is 313 g/mol. The highest BCUT2D eigenvalue weighted by atomic mass is 19.4. The van der Waals surface area contributed by atoms with Gasteiger partial charge in [0.25, 0.3) is 5.91 Å². The normalized spacial score (nSPS) is 14.6. The molecule has 2 aromatic rings. The largest absolute Gasteiger partial charge is 0.493 e. The van der Waals surface area contributed by atoms with Crippen LogP contribution in [0.5, 0.6) is 5.75 Å². The summed E-state index contributed by atoms with van der Waals surface area (Å²) in [6, 6.07) is 6.32. The summed E-state index contributed by atoms with van der Waals surface area (Å²) >= 11 is 0. The molecule has 6 nitrogen and oxygen atoms in total. The Bertz CT molecular complexity index is 693. The van der Waals surface area contributed by atoms with Gasteiger partial charge in [0.2, 0.25) is 11.8 Å². The number of aromatic amines is 1. The van der Waals surface area contributed by atoms with E-state index in [1.165, 1.54) is 25.0 Å². The number of carbonyl (C=O) groups is 1. The summed E-state index contributed by atoms with van der Waals surface area (Å²) in [7, 11) is 0. The van der Waals surface area contributed by atoms with Gasteiger partial charge in [-0.15, -0.1) is 5.10 Å². The first-order valence-electron chi connectivity index (χ1n) is 6.95. The van der Waals surface area contributed by atoms with Gasteiger partial charge in [-0.2, -0.15) is 18.2 Å². The predicted octanol–water partition coefficient (Wildman–Crippen LogP) is 2.86. The molecule has 1 amide bonds. The Morgan fingerprint density at radius 1 is 1.30 bits per heavy atom. The van der Waals surface area contributed by atoms with Gasteiger partial charge in [0, 0.05) is 5.56 Å². The number of H-pyrrole nitrogens is 1. The number of ether oxygens (including phenoxy) is 1. The topological polar surface area (TPSA) is 79.9 Å². The van der Waals surface area contributed by atoms with Gasteiger partial charge in [0.15, 0.2) is 0 Å². The van der Waals surface area contributed by atoms with Crippen molar-refractivity contribution in [3.05, 3.63) is 35.7 Å². The van der Waals surface area contributed by atoms with Gasteiger partial charge >= 0.3 is 6.18 Å². The third kappa shape index (κ3) is 3.99. The van der Waals surface area contributed by atoms with Crippen molar-refractivity contribution in [2.24, 2.45) is 5.92 Å². The van der Waals surface area contributed by atoms with Gasteiger partial charge in [-0.05, 0) is 43.0 Å². The number of amides is 1. The fourth-order valence-electron chi connectivity index (χ4n) is 1.82. The fourth-order valence-corrected chi connectivity index (χ4v) is 1.82. The second-order valence-corrected chi connectivity index (χ2v) is 5.24. The van der Waals surface area contributed by atoms with Crippen molar-refractivity contribution < 1.29 is 22.7 Å². The molecule has 0 saturated heterocycles. The van der Waals surface area contributed by atoms with Crippen LogP contribution in [0, 0.1) is 5.92 Å². The number of anilines is 1. The Labute approximate surface area is 129 Å². The third-order valence-electron chi connectivity index (χ3n) is 3.28. The van der Waals surface area contributed by atoms with Crippen molar-refractivity contribution in [1.29, 1.82) is 0 Å². The van der Waals surface area contributed by atoms with Crippen LogP contribution in [0.4, 0.5) is 19.1 Å². The van der Waals surface area contributed by atoms with E-state index >= 15 is 0 Å². The van der Waals surface area contributed by atoms with Gasteiger partial charge in [-0.1, -0.05) is 0 Å². The molecule has 122 valence electrons. The Morgan fingerprint density at radius 3 is 2.57 bits per heavy atom. The monoisotopic (exact) mass is 326 g/mol. The number of carbonyl (C=O) groups excluding carboxylic acids is 1. The number of aromatic nitrogens is 3. The summed E-state index contributed by atoms with van der Waals surface area (Å²) in [6.07, 6.45) is -2.29. The molecule has 1 heterocycles. The molecule has 0 radical (unpaired) electrons. The quantitative estimate of drug-likeness (QED) is 0.885. The van der Waals surface area contributed by atoms with Crippen molar-refractivity contribution in [2.45, 2.75) is 19.0 Å². The highest BCUT2D eigenvalue weighted by molar-refractivity contribution is 6.03. The molecule has 0 unspecified atom stereocenters. The lowest BCUT2D eigenvalue weighted by atomic mass is 10.2. The smallest absolute Gasteiger partial charge is 0.451 e. The number of benzene rings is 1. The minimum absolute atomic E-state index is 0.266. The molecule has 23 heavy (non-hydrogen) atoms. The minimum Gasteiger partial charge on any atom is -0.493 e. The molecule has 1 fully saturated rings. The summed E-state index contributed by atoms with van der Waals surface area (Å²) in [5.74, 6) is -1.04. The number of nitrogens with zero attached hydrogens (tertiary/aromatic N) is 2. The minimum atomic E-state index is -4.64. The van der Waals surface area contributed by atoms with Crippen LogP contribution in [0.25, 0.3) is 0 Å². The maximum Gasteiger partial charge on any atom is 0.451 e. The molecule has 0 aliphatic heterocycles. The van der Waals surface area contributed by atoms with Crippen molar-refractivity contribution in [2.75, 3.05) is 11.9 Å². The maximum absolute atomic E-state index is 12.4. The van der Waals surface area contributed by atoms with E-state index in [1.807, 2.05) is 0 Å². The van der Waals surface area contributed by atoms with Crippen molar-refractivity contribution in [3.63, 3.8) is 0 Å². The first kappa shape index (κ1) is 15.3. The highest BCUT2D eigenvalue weighted by Gasteiger charge is 2.35. The first-order chi connectivity index (χ1) is 10.9. The lowest BCUT2D eigenvalue weighted by Crippen LogP contribution is -2.13. The Balaban J connectivity index is 1.59. The Hall–Kier alpha value is -2.58. The molecule has 1 saturated carbocycles. The number of alkyl halides is 3. The van der Waals surface area contributed by atoms with Crippen LogP contribution >= 0.6 is 0 Å². The van der Waals surface area contributed by atoms with Gasteiger partial charge in [-0.3, -0.25) is 15.2 Å². The number of hydrogen-bond donors (Lipinski definition) is 2. The van der Waals surface area contributed by atoms with Gasteiger partial charge in [-0.25, -0.2) is 0 Å². The van der Waals surface area contributed by atoms with E-state index in [1.54, 1.807) is 17.2 Å². The maximum atomic E-state index is 12.4. The van der Waals surface area contributed by atoms with Crippen molar-refractivity contribution in [1.82, 2.24) is 15.2 Å². The van der Waals surface area contributed by atoms with E-state index in [2.05, 4.69) is 15.4 Å². The standard InChI is InChI=1S/C14H13F3N4O2/c15-14(16,17)12-19-13(21-20-12)18-11(22)9-3-5-10(6-4-9)23-7-8-1-2-8/h3-6,8H,1-2,7H2,(H2,18,19,20,21,22). The van der Waals surface area contributed by atoms with Gasteiger partial charge in [0.1, 0.15) is 5.75 Å². The van der Waals surface area contributed by atoms with Gasteiger partial charge in [0.05, 0.1) is 6.61 Å². The third-order valence-corrected chi connectivity index (χ3v) is 3.28. The Kier molecular flexibility index (Phi) is 3.93. The van der Waals surface area contributed by atoms with E-state index < -0.39 is 23.9 Å². The van der Waals surface area contributed by atoms with Gasteiger partial charge < -0.3 is 4.74 Å². The summed E-state index contributed by atoms with van der Waals surface area (Å²) in [6.45, 7) is 0.656. The van der Waals surface area contributed by atoms with Crippen LogP contribution in [0.1, 0.15) is 29.0 Å². The molecule has 0 atom stereocenters. The van der Waals surface area contributed by atoms with Crippen molar-refractivity contribution >= 4 is 11.9 Å². The molecule has 0 spiro atoms. The molecule has 9 heteroatoms. The molecule has 1 aromatic carbocycles. The predicted molar refractivity (Wildman–Crippen MR) is 74.0 cm³/mol. The van der Waals surface area contributed by atoms with Crippen LogP contribution in [0.3, 0.4) is 0 Å². The zero-order chi connectivity index (χ0) is 16.4. The number of hydrogen-bond acceptors (Lipinski definition) is 4. The lowest BCUT2D eigenvalue weighted by molar-refractivity contribution is -0.144. The van der Waals surface area contributed by atoms with E-state index in [4.69, 9.17) is 4.74 Å². The summed E-state index contributed by atoms with van der Waals surface area (Å²) in [5, 5.41) is 7.23. The molecule has 1 aliphatic carbocycles. The summed E-state index contributed by atoms with van der Waals surface area (Å²) in [5.41, 5.74) is 0.266. The van der Waals surface area contributed by atoms with E-state index in [0.717, 1.165) is 0 Å². The number of nitrogens with one attached hydrogen (secondary N) is 2. The number of halogens is 3. The van der Waals surface area contributed by atoms with Crippen LogP contribution < -0.4 is 10.1 Å². The van der Waals surface area contributed by atoms with Crippen molar-refractivity contribution in [3.8, 4) is 5.75 Å². The summed E-state index contributed by atoms with van der Waals surface area (Å²) in [4.78, 5) is 15.1. The van der Waals surface area contributed by atoms with E-state index in [9.17, 15) is 18.0 Å². The second-order valence-electron chi connectivity index (χ2n) is 5.24. The highest BCUT2D eigenvalue weighted by Crippen LogP contribution is 2.29. The van der Waals surface area contributed by atoms with Crippen LogP contribution in [-0.2, 0) is 6.18 Å². The lowest BCUT2D eigenvalue weighted by Gasteiger charge is -2.06. The second kappa shape index (κ2) is 5.90. The van der Waals surface area contributed by atoms with E-state index in [-0.39, 0.29) is 5.56 Å². The van der Waals surface area contributed by atoms with Crippen LogP contribution in [0.15, 0.2) is 24.3 Å². The average Bonchev–Trinajstić information content (AvgIpc) is 3.21. The molecule has 2 N–H and O–H groups in total. The SMILES string of the molecule is O=C(Nc1n[nH]c(C(F)(F)F)n1)c1ccc(OCC2CC2)cc1. The molecule has 1 aromatic heterocycles. The molecule has 1 aliphatic rings. The first-order valence-corrected chi connectivity index (χ1v) is 6.95. The Morgan fingerprint density at radius 2 is 2.00 bits per heavy atom. The number of rotatable bonds is 5. The zero-order valence-corrected chi connectivity index (χ0v) is 11.9.